The van der Waals surface area contributed by atoms with Gasteiger partial charge in [0.1, 0.15) is 5.75 Å². The minimum atomic E-state index is -0.259. The molecular weight excluding hydrogens is 206 g/mol. The van der Waals surface area contributed by atoms with Gasteiger partial charge in [0.15, 0.2) is 0 Å². The number of hydrogen-bond acceptors (Lipinski definition) is 3. The van der Waals surface area contributed by atoms with Gasteiger partial charge in [-0.15, -0.1) is 0 Å². The fraction of sp³-hybridized carbons (Fsp3) is 0.250. The van der Waals surface area contributed by atoms with E-state index in [1.165, 1.54) is 7.11 Å². The molecule has 0 aliphatic carbocycles. The molecule has 4 nitrogen and oxygen atoms in total. The van der Waals surface area contributed by atoms with Crippen molar-refractivity contribution in [2.75, 3.05) is 14.2 Å². The Labute approximate surface area is 93.2 Å². The molecule has 0 saturated heterocycles. The van der Waals surface area contributed by atoms with Crippen LogP contribution in [0.25, 0.3) is 10.9 Å². The van der Waals surface area contributed by atoms with E-state index in [4.69, 9.17) is 4.74 Å². The van der Waals surface area contributed by atoms with Crippen LogP contribution in [-0.2, 0) is 16.0 Å². The molecule has 84 valence electrons. The molecule has 2 aromatic rings. The summed E-state index contributed by atoms with van der Waals surface area (Å²) in [5.74, 6) is 0.513. The van der Waals surface area contributed by atoms with Crippen LogP contribution in [0.1, 0.15) is 5.69 Å². The lowest BCUT2D eigenvalue weighted by atomic mass is 10.2. The second-order valence-electron chi connectivity index (χ2n) is 3.47. The van der Waals surface area contributed by atoms with Crippen molar-refractivity contribution in [2.45, 2.75) is 6.42 Å². The molecule has 0 fully saturated rings. The van der Waals surface area contributed by atoms with Gasteiger partial charge in [-0.2, -0.15) is 0 Å². The van der Waals surface area contributed by atoms with E-state index in [0.717, 1.165) is 22.3 Å². The van der Waals surface area contributed by atoms with Gasteiger partial charge in [0.05, 0.1) is 26.2 Å². The number of ether oxygens (including phenoxy) is 2. The number of methoxy groups -OCH3 is 2. The van der Waals surface area contributed by atoms with Crippen LogP contribution in [0.2, 0.25) is 0 Å². The topological polar surface area (TPSA) is 51.3 Å². The van der Waals surface area contributed by atoms with Gasteiger partial charge >= 0.3 is 5.97 Å². The minimum Gasteiger partial charge on any atom is -0.495 e. The highest BCUT2D eigenvalue weighted by Gasteiger charge is 2.08. The fourth-order valence-corrected chi connectivity index (χ4v) is 1.68. The SMILES string of the molecule is COC(=O)Cc1cc2cccc(OC)c2[nH]1. The van der Waals surface area contributed by atoms with E-state index in [1.54, 1.807) is 7.11 Å². The number of aromatic nitrogens is 1. The third-order valence-corrected chi connectivity index (χ3v) is 2.46. The van der Waals surface area contributed by atoms with Gasteiger partial charge < -0.3 is 14.5 Å². The van der Waals surface area contributed by atoms with Crippen molar-refractivity contribution in [1.82, 2.24) is 4.98 Å². The maximum Gasteiger partial charge on any atom is 0.311 e. The third-order valence-electron chi connectivity index (χ3n) is 2.46. The molecule has 0 unspecified atom stereocenters. The van der Waals surface area contributed by atoms with Crippen LogP contribution in [0.5, 0.6) is 5.75 Å². The Morgan fingerprint density at radius 1 is 1.38 bits per heavy atom. The summed E-state index contributed by atoms with van der Waals surface area (Å²) in [6.45, 7) is 0. The highest BCUT2D eigenvalue weighted by atomic mass is 16.5. The van der Waals surface area contributed by atoms with E-state index in [0.29, 0.717) is 0 Å². The molecular formula is C12H13NO3. The molecule has 1 aromatic carbocycles. The maximum absolute atomic E-state index is 11.1. The smallest absolute Gasteiger partial charge is 0.311 e. The molecule has 0 aliphatic rings. The quantitative estimate of drug-likeness (QED) is 0.802. The average molecular weight is 219 g/mol. The normalized spacial score (nSPS) is 10.4. The average Bonchev–Trinajstić information content (AvgIpc) is 2.70. The van der Waals surface area contributed by atoms with Gasteiger partial charge in [0.2, 0.25) is 0 Å². The zero-order valence-electron chi connectivity index (χ0n) is 9.24. The molecule has 1 N–H and O–H groups in total. The Morgan fingerprint density at radius 2 is 2.19 bits per heavy atom. The van der Waals surface area contributed by atoms with Crippen LogP contribution >= 0.6 is 0 Å². The van der Waals surface area contributed by atoms with Crippen LogP contribution in [0.4, 0.5) is 0 Å². The van der Waals surface area contributed by atoms with Crippen molar-refractivity contribution in [3.05, 3.63) is 30.0 Å². The van der Waals surface area contributed by atoms with Gasteiger partial charge in [0, 0.05) is 11.1 Å². The lowest BCUT2D eigenvalue weighted by Gasteiger charge is -2.00. The monoisotopic (exact) mass is 219 g/mol. The maximum atomic E-state index is 11.1. The summed E-state index contributed by atoms with van der Waals surface area (Å²) in [4.78, 5) is 14.3. The van der Waals surface area contributed by atoms with Crippen molar-refractivity contribution < 1.29 is 14.3 Å². The molecule has 4 heteroatoms. The Kier molecular flexibility index (Phi) is 2.81. The summed E-state index contributed by atoms with van der Waals surface area (Å²) in [7, 11) is 3.00. The molecule has 0 bridgehead atoms. The van der Waals surface area contributed by atoms with Crippen molar-refractivity contribution in [3.63, 3.8) is 0 Å². The predicted molar refractivity (Wildman–Crippen MR) is 60.6 cm³/mol. The third kappa shape index (κ3) is 1.86. The van der Waals surface area contributed by atoms with E-state index in [-0.39, 0.29) is 12.4 Å². The largest absolute Gasteiger partial charge is 0.495 e. The first-order valence-electron chi connectivity index (χ1n) is 4.96. The van der Waals surface area contributed by atoms with Crippen molar-refractivity contribution in [3.8, 4) is 5.75 Å². The van der Waals surface area contributed by atoms with E-state index < -0.39 is 0 Å². The Morgan fingerprint density at radius 3 is 2.88 bits per heavy atom. The second-order valence-corrected chi connectivity index (χ2v) is 3.47. The molecule has 0 saturated carbocycles. The first-order valence-corrected chi connectivity index (χ1v) is 4.96. The van der Waals surface area contributed by atoms with Gasteiger partial charge in [-0.05, 0) is 12.1 Å². The molecule has 0 atom stereocenters. The fourth-order valence-electron chi connectivity index (χ4n) is 1.68. The lowest BCUT2D eigenvalue weighted by Crippen LogP contribution is -2.04. The van der Waals surface area contributed by atoms with Gasteiger partial charge in [-0.1, -0.05) is 12.1 Å². The molecule has 0 spiro atoms. The highest BCUT2D eigenvalue weighted by molar-refractivity contribution is 5.87. The van der Waals surface area contributed by atoms with Gasteiger partial charge in [0.25, 0.3) is 0 Å². The summed E-state index contributed by atoms with van der Waals surface area (Å²) in [6, 6.07) is 7.68. The van der Waals surface area contributed by atoms with Gasteiger partial charge in [-0.25, -0.2) is 0 Å². The summed E-state index contributed by atoms with van der Waals surface area (Å²) in [6.07, 6.45) is 0.244. The zero-order chi connectivity index (χ0) is 11.5. The number of benzene rings is 1. The molecule has 0 amide bonds. The Hall–Kier alpha value is -1.97. The van der Waals surface area contributed by atoms with Crippen molar-refractivity contribution in [1.29, 1.82) is 0 Å². The second kappa shape index (κ2) is 4.26. The molecule has 1 aromatic heterocycles. The van der Waals surface area contributed by atoms with Gasteiger partial charge in [-0.3, -0.25) is 4.79 Å². The number of para-hydroxylation sites is 1. The number of carbonyl (C=O) groups is 1. The number of nitrogens with one attached hydrogen (secondary N) is 1. The van der Waals surface area contributed by atoms with Crippen LogP contribution in [0.3, 0.4) is 0 Å². The standard InChI is InChI=1S/C12H13NO3/c1-15-10-5-3-4-8-6-9(13-12(8)10)7-11(14)16-2/h3-6,13H,7H2,1-2H3. The number of rotatable bonds is 3. The molecule has 0 aliphatic heterocycles. The zero-order valence-corrected chi connectivity index (χ0v) is 9.24. The van der Waals surface area contributed by atoms with Crippen LogP contribution < -0.4 is 4.74 Å². The number of aromatic amines is 1. The molecule has 1 heterocycles. The Balaban J connectivity index is 2.39. The van der Waals surface area contributed by atoms with Crippen molar-refractivity contribution >= 4 is 16.9 Å². The minimum absolute atomic E-state index is 0.244. The summed E-state index contributed by atoms with van der Waals surface area (Å²) in [5.41, 5.74) is 1.73. The van der Waals surface area contributed by atoms with Crippen molar-refractivity contribution in [2.24, 2.45) is 0 Å². The molecule has 2 rings (SSSR count). The summed E-state index contributed by atoms with van der Waals surface area (Å²) in [5, 5.41) is 1.03. The van der Waals surface area contributed by atoms with Crippen LogP contribution in [0.15, 0.2) is 24.3 Å². The molecule has 16 heavy (non-hydrogen) atoms. The summed E-state index contributed by atoms with van der Waals surface area (Å²) >= 11 is 0. The first kappa shape index (κ1) is 10.5. The van der Waals surface area contributed by atoms with E-state index in [2.05, 4.69) is 9.72 Å². The van der Waals surface area contributed by atoms with Crippen LogP contribution in [-0.4, -0.2) is 25.2 Å². The number of carbonyl (C=O) groups excluding carboxylic acids is 1. The van der Waals surface area contributed by atoms with Crippen LogP contribution in [0, 0.1) is 0 Å². The highest BCUT2D eigenvalue weighted by Crippen LogP contribution is 2.25. The number of H-pyrrole nitrogens is 1. The predicted octanol–water partition coefficient (Wildman–Crippen LogP) is 1.89. The Bertz CT molecular complexity index is 516. The number of fused-ring (bicyclic) bond motifs is 1. The van der Waals surface area contributed by atoms with E-state index >= 15 is 0 Å². The van der Waals surface area contributed by atoms with E-state index in [1.807, 2.05) is 24.3 Å². The van der Waals surface area contributed by atoms with E-state index in [9.17, 15) is 4.79 Å². The first-order chi connectivity index (χ1) is 7.74. The molecule has 0 radical (unpaired) electrons. The number of hydrogen-bond donors (Lipinski definition) is 1. The lowest BCUT2D eigenvalue weighted by molar-refractivity contribution is -0.139. The summed E-state index contributed by atoms with van der Waals surface area (Å²) < 4.78 is 9.84. The number of esters is 1.